The Labute approximate surface area is 272 Å². The van der Waals surface area contributed by atoms with Gasteiger partial charge in [0.1, 0.15) is 0 Å². The quantitative estimate of drug-likeness (QED) is 0.185. The van der Waals surface area contributed by atoms with E-state index in [9.17, 15) is 0 Å². The van der Waals surface area contributed by atoms with Crippen molar-refractivity contribution in [2.45, 2.75) is 0 Å². The fourth-order valence-corrected chi connectivity index (χ4v) is 7.70. The first-order valence-electron chi connectivity index (χ1n) is 16.1. The van der Waals surface area contributed by atoms with Gasteiger partial charge in [-0.05, 0) is 102 Å². The number of aromatic nitrogens is 2. The summed E-state index contributed by atoms with van der Waals surface area (Å²) in [5, 5.41) is 10.3. The molecular weight excluding hydrogens is 569 g/mol. The summed E-state index contributed by atoms with van der Waals surface area (Å²) in [6.45, 7) is 0. The highest BCUT2D eigenvalue weighted by molar-refractivity contribution is 6.28. The van der Waals surface area contributed by atoms with Gasteiger partial charge in [-0.15, -0.1) is 0 Å². The first-order chi connectivity index (χ1) is 23.3. The second-order valence-corrected chi connectivity index (χ2v) is 12.4. The van der Waals surface area contributed by atoms with Gasteiger partial charge < -0.3 is 4.57 Å². The highest BCUT2D eigenvalue weighted by Crippen LogP contribution is 2.44. The molecule has 2 nitrogen and oxygen atoms in total. The molecule has 218 valence electrons. The van der Waals surface area contributed by atoms with Crippen molar-refractivity contribution < 1.29 is 0 Å². The molecule has 0 aliphatic rings. The molecule has 0 fully saturated rings. The van der Waals surface area contributed by atoms with Gasteiger partial charge in [0.2, 0.25) is 0 Å². The van der Waals surface area contributed by atoms with E-state index in [1.54, 1.807) is 0 Å². The Morgan fingerprint density at radius 2 is 1.00 bits per heavy atom. The van der Waals surface area contributed by atoms with E-state index in [4.69, 9.17) is 0 Å². The zero-order valence-corrected chi connectivity index (χ0v) is 25.6. The number of rotatable bonds is 4. The zero-order chi connectivity index (χ0) is 30.9. The molecule has 2 aromatic heterocycles. The second kappa shape index (κ2) is 10.1. The molecule has 0 aliphatic carbocycles. The Balaban J connectivity index is 1.24. The summed E-state index contributed by atoms with van der Waals surface area (Å²) in [7, 11) is 0. The molecule has 0 radical (unpaired) electrons. The molecule has 0 N–H and O–H groups in total. The summed E-state index contributed by atoms with van der Waals surface area (Å²) in [4.78, 5) is 4.33. The lowest BCUT2D eigenvalue weighted by Gasteiger charge is -2.19. The third-order valence-electron chi connectivity index (χ3n) is 9.83. The molecule has 0 bridgehead atoms. The van der Waals surface area contributed by atoms with Gasteiger partial charge in [-0.25, -0.2) is 0 Å². The van der Waals surface area contributed by atoms with Crippen LogP contribution in [0.2, 0.25) is 0 Å². The van der Waals surface area contributed by atoms with Crippen molar-refractivity contribution in [3.63, 3.8) is 0 Å². The molecule has 0 saturated heterocycles. The fraction of sp³-hybridized carbons (Fsp3) is 0. The number of fused-ring (bicyclic) bond motifs is 3. The molecule has 47 heavy (non-hydrogen) atoms. The number of pyridine rings is 1. The molecule has 0 amide bonds. The standard InChI is InChI=1S/C45H28N2/c1-3-15-42-36(13-1)37-14-2-4-16-43(37)47(42)35-12-6-10-33(26-35)41-27-40(30-19-17-29(18-20-30)34-11-7-25-46-28-34)38-23-21-31-8-5-9-32-22-24-39(41)45(38)44(31)32/h1-28H. The van der Waals surface area contributed by atoms with Crippen LogP contribution in [-0.2, 0) is 0 Å². The maximum Gasteiger partial charge on any atom is 0.0541 e. The van der Waals surface area contributed by atoms with Gasteiger partial charge in [0.05, 0.1) is 11.0 Å². The number of para-hydroxylation sites is 2. The summed E-state index contributed by atoms with van der Waals surface area (Å²) in [6, 6.07) is 57.8. The molecule has 0 unspecified atom stereocenters. The lowest BCUT2D eigenvalue weighted by atomic mass is 9.85. The van der Waals surface area contributed by atoms with E-state index in [-0.39, 0.29) is 0 Å². The summed E-state index contributed by atoms with van der Waals surface area (Å²) < 4.78 is 2.40. The molecule has 0 aliphatic heterocycles. The van der Waals surface area contributed by atoms with Crippen LogP contribution in [0, 0.1) is 0 Å². The maximum absolute atomic E-state index is 4.33. The van der Waals surface area contributed by atoms with Crippen molar-refractivity contribution >= 4 is 54.1 Å². The monoisotopic (exact) mass is 596 g/mol. The van der Waals surface area contributed by atoms with Gasteiger partial charge in [-0.1, -0.05) is 121 Å². The number of nitrogens with zero attached hydrogens (tertiary/aromatic N) is 2. The van der Waals surface area contributed by atoms with Crippen LogP contribution < -0.4 is 0 Å². The predicted octanol–water partition coefficient (Wildman–Crippen LogP) is 12.1. The van der Waals surface area contributed by atoms with Crippen molar-refractivity contribution in [2.75, 3.05) is 0 Å². The highest BCUT2D eigenvalue weighted by atomic mass is 15.0. The summed E-state index contributed by atoms with van der Waals surface area (Å²) in [6.07, 6.45) is 3.74. The van der Waals surface area contributed by atoms with Gasteiger partial charge in [-0.2, -0.15) is 0 Å². The molecule has 0 atom stereocenters. The SMILES string of the molecule is c1cncc(-c2ccc(-c3cc(-c4cccc(-n5c6ccccc6c6ccccc65)c4)c4ccc5cccc6ccc3c4c65)cc2)c1. The molecular formula is C45H28N2. The lowest BCUT2D eigenvalue weighted by Crippen LogP contribution is -1.95. The fourth-order valence-electron chi connectivity index (χ4n) is 7.70. The minimum atomic E-state index is 1.12. The minimum absolute atomic E-state index is 1.12. The first kappa shape index (κ1) is 26.0. The molecule has 2 heteroatoms. The van der Waals surface area contributed by atoms with Crippen LogP contribution in [0.25, 0.3) is 93.2 Å². The van der Waals surface area contributed by atoms with E-state index >= 15 is 0 Å². The van der Waals surface area contributed by atoms with Crippen molar-refractivity contribution in [2.24, 2.45) is 0 Å². The van der Waals surface area contributed by atoms with Crippen molar-refractivity contribution in [3.05, 3.63) is 170 Å². The van der Waals surface area contributed by atoms with Crippen LogP contribution in [-0.4, -0.2) is 9.55 Å². The van der Waals surface area contributed by atoms with E-state index in [2.05, 4.69) is 161 Å². The first-order valence-corrected chi connectivity index (χ1v) is 16.1. The van der Waals surface area contributed by atoms with E-state index in [1.807, 2.05) is 18.5 Å². The van der Waals surface area contributed by atoms with Crippen LogP contribution in [0.3, 0.4) is 0 Å². The zero-order valence-electron chi connectivity index (χ0n) is 25.6. The number of hydrogen-bond acceptors (Lipinski definition) is 1. The Hall–Kier alpha value is -6.25. The molecule has 2 heterocycles. The molecule has 10 aromatic rings. The number of hydrogen-bond donors (Lipinski definition) is 0. The lowest BCUT2D eigenvalue weighted by molar-refractivity contribution is 1.18. The van der Waals surface area contributed by atoms with Gasteiger partial charge in [0, 0.05) is 28.9 Å². The average molecular weight is 597 g/mol. The highest BCUT2D eigenvalue weighted by Gasteiger charge is 2.18. The van der Waals surface area contributed by atoms with Crippen LogP contribution >= 0.6 is 0 Å². The van der Waals surface area contributed by atoms with Crippen LogP contribution in [0.4, 0.5) is 0 Å². The van der Waals surface area contributed by atoms with Crippen molar-refractivity contribution in [1.29, 1.82) is 0 Å². The van der Waals surface area contributed by atoms with Gasteiger partial charge in [0.25, 0.3) is 0 Å². The maximum atomic E-state index is 4.33. The average Bonchev–Trinajstić information content (AvgIpc) is 3.49. The van der Waals surface area contributed by atoms with Crippen molar-refractivity contribution in [1.82, 2.24) is 9.55 Å². The van der Waals surface area contributed by atoms with Crippen molar-refractivity contribution in [3.8, 4) is 39.1 Å². The van der Waals surface area contributed by atoms with E-state index < -0.39 is 0 Å². The molecule has 0 spiro atoms. The van der Waals surface area contributed by atoms with E-state index in [1.165, 1.54) is 81.9 Å². The number of benzene rings is 8. The Kier molecular flexibility index (Phi) is 5.61. The summed E-state index contributed by atoms with van der Waals surface area (Å²) in [5.41, 5.74) is 10.8. The topological polar surface area (TPSA) is 17.8 Å². The Morgan fingerprint density at radius 3 is 1.68 bits per heavy atom. The van der Waals surface area contributed by atoms with Gasteiger partial charge in [0.15, 0.2) is 0 Å². The van der Waals surface area contributed by atoms with E-state index in [0.717, 1.165) is 11.3 Å². The molecule has 8 aromatic carbocycles. The van der Waals surface area contributed by atoms with Crippen LogP contribution in [0.15, 0.2) is 170 Å². The third kappa shape index (κ3) is 3.95. The van der Waals surface area contributed by atoms with Gasteiger partial charge >= 0.3 is 0 Å². The molecule has 10 rings (SSSR count). The summed E-state index contributed by atoms with van der Waals surface area (Å²) >= 11 is 0. The van der Waals surface area contributed by atoms with Crippen LogP contribution in [0.1, 0.15) is 0 Å². The second-order valence-electron chi connectivity index (χ2n) is 12.4. The minimum Gasteiger partial charge on any atom is -0.309 e. The van der Waals surface area contributed by atoms with Gasteiger partial charge in [-0.3, -0.25) is 4.98 Å². The third-order valence-corrected chi connectivity index (χ3v) is 9.83. The summed E-state index contributed by atoms with van der Waals surface area (Å²) in [5.74, 6) is 0. The molecule has 0 saturated carbocycles. The van der Waals surface area contributed by atoms with Crippen LogP contribution in [0.5, 0.6) is 0 Å². The van der Waals surface area contributed by atoms with E-state index in [0.29, 0.717) is 0 Å². The Bertz CT molecular complexity index is 2700. The normalized spacial score (nSPS) is 11.8. The Morgan fingerprint density at radius 1 is 0.383 bits per heavy atom. The largest absolute Gasteiger partial charge is 0.309 e. The smallest absolute Gasteiger partial charge is 0.0541 e. The predicted molar refractivity (Wildman–Crippen MR) is 199 cm³/mol.